The minimum absolute atomic E-state index is 0.0761. The molecule has 0 bridgehead atoms. The van der Waals surface area contributed by atoms with E-state index in [1.165, 1.54) is 6.07 Å². The fourth-order valence-electron chi connectivity index (χ4n) is 1.39. The molecule has 0 atom stereocenters. The molecule has 0 aromatic carbocycles. The van der Waals surface area contributed by atoms with Gasteiger partial charge in [0.1, 0.15) is 5.69 Å². The highest BCUT2D eigenvalue weighted by molar-refractivity contribution is 7.99. The summed E-state index contributed by atoms with van der Waals surface area (Å²) in [6.45, 7) is 1.61. The number of anilines is 1. The number of alkyl halides is 3. The molecule has 0 amide bonds. The molecule has 3 N–H and O–H groups in total. The van der Waals surface area contributed by atoms with Crippen molar-refractivity contribution in [1.29, 1.82) is 0 Å². The molecule has 2 heterocycles. The van der Waals surface area contributed by atoms with Gasteiger partial charge in [-0.05, 0) is 24.8 Å². The maximum absolute atomic E-state index is 12.6. The van der Waals surface area contributed by atoms with E-state index >= 15 is 0 Å². The Morgan fingerprint density at radius 3 is 2.65 bits per heavy atom. The Morgan fingerprint density at radius 1 is 1.35 bits per heavy atom. The molecular formula is C11H9F3N4OS. The zero-order valence-corrected chi connectivity index (χ0v) is 11.0. The monoisotopic (exact) mass is 302 g/mol. The molecular weight excluding hydrogens is 293 g/mol. The van der Waals surface area contributed by atoms with Gasteiger partial charge in [0.25, 0.3) is 5.56 Å². The summed E-state index contributed by atoms with van der Waals surface area (Å²) < 4.78 is 37.7. The number of pyridine rings is 1. The average molecular weight is 302 g/mol. The molecule has 0 radical (unpaired) electrons. The number of hydrogen-bond acceptors (Lipinski definition) is 5. The Kier molecular flexibility index (Phi) is 3.71. The van der Waals surface area contributed by atoms with Crippen molar-refractivity contribution in [1.82, 2.24) is 15.0 Å². The molecule has 0 unspecified atom stereocenters. The summed E-state index contributed by atoms with van der Waals surface area (Å²) in [4.78, 5) is 21.1. The number of hydrogen-bond donors (Lipinski definition) is 2. The van der Waals surface area contributed by atoms with Crippen LogP contribution >= 0.6 is 11.8 Å². The van der Waals surface area contributed by atoms with Gasteiger partial charge in [-0.15, -0.1) is 0 Å². The quantitative estimate of drug-likeness (QED) is 0.831. The van der Waals surface area contributed by atoms with Gasteiger partial charge in [0.05, 0.1) is 11.9 Å². The second-order valence-electron chi connectivity index (χ2n) is 3.90. The molecule has 0 aliphatic carbocycles. The van der Waals surface area contributed by atoms with Gasteiger partial charge in [-0.3, -0.25) is 4.79 Å². The molecule has 0 saturated heterocycles. The lowest BCUT2D eigenvalue weighted by Crippen LogP contribution is -2.10. The van der Waals surface area contributed by atoms with Crippen LogP contribution in [-0.4, -0.2) is 15.0 Å². The average Bonchev–Trinajstić information content (AvgIpc) is 2.29. The molecule has 106 valence electrons. The van der Waals surface area contributed by atoms with Gasteiger partial charge >= 0.3 is 6.18 Å². The minimum atomic E-state index is -4.56. The number of nitrogen functional groups attached to an aromatic ring is 1. The first-order valence-corrected chi connectivity index (χ1v) is 6.16. The molecule has 2 rings (SSSR count). The number of halogens is 3. The number of H-pyrrole nitrogens is 1. The lowest BCUT2D eigenvalue weighted by atomic mass is 10.3. The molecule has 9 heteroatoms. The minimum Gasteiger partial charge on any atom is -0.397 e. The van der Waals surface area contributed by atoms with E-state index in [9.17, 15) is 18.0 Å². The van der Waals surface area contributed by atoms with E-state index in [0.29, 0.717) is 5.69 Å². The summed E-state index contributed by atoms with van der Waals surface area (Å²) >= 11 is 0.841. The van der Waals surface area contributed by atoms with Crippen LogP contribution < -0.4 is 11.3 Å². The highest BCUT2D eigenvalue weighted by Gasteiger charge is 2.33. The van der Waals surface area contributed by atoms with E-state index in [0.717, 1.165) is 24.0 Å². The zero-order valence-electron chi connectivity index (χ0n) is 10.2. The van der Waals surface area contributed by atoms with E-state index in [4.69, 9.17) is 5.73 Å². The number of aromatic amines is 1. The van der Waals surface area contributed by atoms with Crippen LogP contribution in [0.2, 0.25) is 0 Å². The molecule has 0 spiro atoms. The molecule has 0 aliphatic rings. The first-order valence-electron chi connectivity index (χ1n) is 5.34. The molecule has 0 fully saturated rings. The molecule has 0 aliphatic heterocycles. The summed E-state index contributed by atoms with van der Waals surface area (Å²) in [5, 5.41) is 0.168. The van der Waals surface area contributed by atoms with Crippen molar-refractivity contribution in [2.24, 2.45) is 0 Å². The molecule has 0 saturated carbocycles. The number of nitrogens with two attached hydrogens (primary N) is 1. The summed E-state index contributed by atoms with van der Waals surface area (Å²) in [6, 6.07) is 2.10. The number of nitrogens with zero attached hydrogens (tertiary/aromatic N) is 2. The third-order valence-electron chi connectivity index (χ3n) is 2.24. The lowest BCUT2D eigenvalue weighted by Gasteiger charge is -2.09. The van der Waals surface area contributed by atoms with Crippen molar-refractivity contribution in [3.63, 3.8) is 0 Å². The highest BCUT2D eigenvalue weighted by atomic mass is 32.2. The van der Waals surface area contributed by atoms with Crippen molar-refractivity contribution < 1.29 is 13.2 Å². The first kappa shape index (κ1) is 14.4. The van der Waals surface area contributed by atoms with Gasteiger partial charge in [-0.2, -0.15) is 13.2 Å². The second-order valence-corrected chi connectivity index (χ2v) is 4.93. The van der Waals surface area contributed by atoms with Crippen LogP contribution in [0, 0.1) is 6.92 Å². The highest BCUT2D eigenvalue weighted by Crippen LogP contribution is 2.34. The van der Waals surface area contributed by atoms with Crippen molar-refractivity contribution in [2.75, 3.05) is 5.73 Å². The maximum atomic E-state index is 12.6. The fourth-order valence-corrected chi connectivity index (χ4v) is 2.29. The molecule has 2 aromatic heterocycles. The number of rotatable bonds is 2. The normalized spacial score (nSPS) is 11.6. The topological polar surface area (TPSA) is 84.7 Å². The number of aryl methyl sites for hydroxylation is 1. The van der Waals surface area contributed by atoms with Crippen LogP contribution in [0.25, 0.3) is 0 Å². The SMILES string of the molecule is Cc1cc(=O)[nH]c(Sc2cc(C(F)(F)F)ncc2N)n1. The van der Waals surface area contributed by atoms with Crippen molar-refractivity contribution >= 4 is 17.4 Å². The van der Waals surface area contributed by atoms with Gasteiger partial charge in [-0.1, -0.05) is 0 Å². The summed E-state index contributed by atoms with van der Waals surface area (Å²) in [7, 11) is 0. The van der Waals surface area contributed by atoms with Gasteiger partial charge < -0.3 is 10.7 Å². The third kappa shape index (κ3) is 3.29. The number of nitrogens with one attached hydrogen (secondary N) is 1. The van der Waals surface area contributed by atoms with Crippen LogP contribution in [0.3, 0.4) is 0 Å². The Morgan fingerprint density at radius 2 is 2.05 bits per heavy atom. The van der Waals surface area contributed by atoms with E-state index in [1.807, 2.05) is 0 Å². The van der Waals surface area contributed by atoms with Crippen LogP contribution in [0.4, 0.5) is 18.9 Å². The molecule has 5 nitrogen and oxygen atoms in total. The van der Waals surface area contributed by atoms with E-state index in [2.05, 4.69) is 15.0 Å². The lowest BCUT2D eigenvalue weighted by molar-refractivity contribution is -0.141. The van der Waals surface area contributed by atoms with E-state index < -0.39 is 11.9 Å². The van der Waals surface area contributed by atoms with Crippen molar-refractivity contribution in [3.8, 4) is 0 Å². The zero-order chi connectivity index (χ0) is 14.9. The van der Waals surface area contributed by atoms with E-state index in [-0.39, 0.29) is 21.3 Å². The molecule has 2 aromatic rings. The van der Waals surface area contributed by atoms with Crippen LogP contribution in [0.15, 0.2) is 33.2 Å². The summed E-state index contributed by atoms with van der Waals surface area (Å²) in [5.41, 5.74) is 4.68. The van der Waals surface area contributed by atoms with E-state index in [1.54, 1.807) is 6.92 Å². The second kappa shape index (κ2) is 5.16. The van der Waals surface area contributed by atoms with Gasteiger partial charge in [-0.25, -0.2) is 9.97 Å². The fraction of sp³-hybridized carbons (Fsp3) is 0.182. The maximum Gasteiger partial charge on any atom is 0.433 e. The molecule has 20 heavy (non-hydrogen) atoms. The predicted octanol–water partition coefficient (Wildman–Crippen LogP) is 2.23. The van der Waals surface area contributed by atoms with Gasteiger partial charge in [0, 0.05) is 16.7 Å². The van der Waals surface area contributed by atoms with Crippen molar-refractivity contribution in [2.45, 2.75) is 23.2 Å². The van der Waals surface area contributed by atoms with Gasteiger partial charge in [0.15, 0.2) is 5.16 Å². The standard InChI is InChI=1S/C11H9F3N4OS/c1-5-2-9(19)18-10(17-5)20-7-3-8(11(12,13)14)16-4-6(7)15/h2-4H,15H2,1H3,(H,17,18,19). The largest absolute Gasteiger partial charge is 0.433 e. The summed E-state index contributed by atoms with van der Waals surface area (Å²) in [5.74, 6) is 0. The van der Waals surface area contributed by atoms with Crippen molar-refractivity contribution in [3.05, 3.63) is 40.1 Å². The first-order chi connectivity index (χ1) is 9.25. The van der Waals surface area contributed by atoms with Crippen LogP contribution in [0.5, 0.6) is 0 Å². The van der Waals surface area contributed by atoms with Gasteiger partial charge in [0.2, 0.25) is 0 Å². The van der Waals surface area contributed by atoms with Crippen LogP contribution in [-0.2, 0) is 6.18 Å². The third-order valence-corrected chi connectivity index (χ3v) is 3.20. The Labute approximate surface area is 115 Å². The Hall–Kier alpha value is -2.03. The predicted molar refractivity (Wildman–Crippen MR) is 67.4 cm³/mol. The summed E-state index contributed by atoms with van der Waals surface area (Å²) in [6.07, 6.45) is -3.63. The Balaban J connectivity index is 2.40. The number of aromatic nitrogens is 3. The smallest absolute Gasteiger partial charge is 0.397 e. The van der Waals surface area contributed by atoms with Crippen LogP contribution in [0.1, 0.15) is 11.4 Å². The Bertz CT molecular complexity index is 699.